The molecule has 0 saturated heterocycles. The van der Waals surface area contributed by atoms with Gasteiger partial charge in [-0.2, -0.15) is 0 Å². The number of thioether (sulfide) groups is 1. The Kier molecular flexibility index (Phi) is 5.30. The van der Waals surface area contributed by atoms with E-state index >= 15 is 0 Å². The van der Waals surface area contributed by atoms with E-state index in [1.807, 2.05) is 60.7 Å². The molecule has 3 aromatic rings. The van der Waals surface area contributed by atoms with Crippen LogP contribution in [0.4, 0.5) is 5.69 Å². The maximum atomic E-state index is 12.7. The molecule has 136 valence electrons. The Hall–Kier alpha value is -2.92. The summed E-state index contributed by atoms with van der Waals surface area (Å²) in [6, 6.07) is 25.4. The van der Waals surface area contributed by atoms with E-state index in [0.29, 0.717) is 11.5 Å². The molecule has 1 amide bonds. The van der Waals surface area contributed by atoms with Crippen molar-refractivity contribution >= 4 is 23.4 Å². The van der Waals surface area contributed by atoms with Gasteiger partial charge >= 0.3 is 0 Å². The van der Waals surface area contributed by atoms with E-state index in [9.17, 15) is 4.79 Å². The van der Waals surface area contributed by atoms with Crippen LogP contribution in [0.2, 0.25) is 0 Å². The molecule has 4 nitrogen and oxygen atoms in total. The number of carbonyl (C=O) groups excluding carboxylic acids is 1. The summed E-state index contributed by atoms with van der Waals surface area (Å²) in [5, 5.41) is 2.98. The first kappa shape index (κ1) is 17.5. The molecule has 0 spiro atoms. The predicted molar refractivity (Wildman–Crippen MR) is 107 cm³/mol. The molecule has 4 rings (SSSR count). The second-order valence-electron chi connectivity index (χ2n) is 6.12. The van der Waals surface area contributed by atoms with Crippen molar-refractivity contribution in [1.82, 2.24) is 0 Å². The molecule has 1 atom stereocenters. The first-order chi connectivity index (χ1) is 13.3. The molecule has 1 aliphatic rings. The second kappa shape index (κ2) is 8.18. The van der Waals surface area contributed by atoms with Gasteiger partial charge in [-0.25, -0.2) is 0 Å². The van der Waals surface area contributed by atoms with Crippen molar-refractivity contribution in [3.8, 4) is 11.5 Å². The highest BCUT2D eigenvalue weighted by molar-refractivity contribution is 7.98. The molecule has 0 aliphatic carbocycles. The monoisotopic (exact) mass is 377 g/mol. The molecular formula is C22H19NO3S. The third kappa shape index (κ3) is 4.26. The van der Waals surface area contributed by atoms with Gasteiger partial charge in [0.2, 0.25) is 6.10 Å². The molecule has 5 heteroatoms. The molecule has 0 bridgehead atoms. The van der Waals surface area contributed by atoms with Gasteiger partial charge in [0, 0.05) is 10.6 Å². The van der Waals surface area contributed by atoms with Crippen LogP contribution in [0.1, 0.15) is 5.56 Å². The number of amides is 1. The maximum absolute atomic E-state index is 12.7. The van der Waals surface area contributed by atoms with Crippen LogP contribution in [-0.2, 0) is 10.5 Å². The van der Waals surface area contributed by atoms with Crippen LogP contribution < -0.4 is 14.8 Å². The molecule has 0 radical (unpaired) electrons. The number of carbonyl (C=O) groups is 1. The molecular weight excluding hydrogens is 358 g/mol. The van der Waals surface area contributed by atoms with E-state index in [1.54, 1.807) is 17.8 Å². The molecule has 1 N–H and O–H groups in total. The SMILES string of the molecule is O=C(Nc1ccccc1SCc1ccccc1)C1COc2ccccc2O1. The van der Waals surface area contributed by atoms with Crippen LogP contribution in [0, 0.1) is 0 Å². The van der Waals surface area contributed by atoms with Gasteiger partial charge in [-0.1, -0.05) is 54.6 Å². The number of benzene rings is 3. The maximum Gasteiger partial charge on any atom is 0.269 e. The van der Waals surface area contributed by atoms with Crippen LogP contribution in [0.25, 0.3) is 0 Å². The summed E-state index contributed by atoms with van der Waals surface area (Å²) in [7, 11) is 0. The van der Waals surface area contributed by atoms with Crippen molar-refractivity contribution in [1.29, 1.82) is 0 Å². The Morgan fingerprint density at radius 2 is 1.63 bits per heavy atom. The number of hydrogen-bond donors (Lipinski definition) is 1. The molecule has 1 heterocycles. The minimum Gasteiger partial charge on any atom is -0.485 e. The molecule has 1 unspecified atom stereocenters. The number of anilines is 1. The summed E-state index contributed by atoms with van der Waals surface area (Å²) in [4.78, 5) is 13.7. The third-order valence-corrected chi connectivity index (χ3v) is 5.33. The lowest BCUT2D eigenvalue weighted by Crippen LogP contribution is -2.40. The van der Waals surface area contributed by atoms with Crippen molar-refractivity contribution < 1.29 is 14.3 Å². The molecule has 0 fully saturated rings. The van der Waals surface area contributed by atoms with E-state index < -0.39 is 6.10 Å². The van der Waals surface area contributed by atoms with Gasteiger partial charge in [-0.15, -0.1) is 11.8 Å². The van der Waals surface area contributed by atoms with Gasteiger partial charge in [0.1, 0.15) is 6.61 Å². The Balaban J connectivity index is 1.43. The van der Waals surface area contributed by atoms with Gasteiger partial charge in [0.05, 0.1) is 5.69 Å². The summed E-state index contributed by atoms with van der Waals surface area (Å²) in [6.45, 7) is 0.197. The average molecular weight is 377 g/mol. The lowest BCUT2D eigenvalue weighted by atomic mass is 10.2. The zero-order valence-electron chi connectivity index (χ0n) is 14.6. The lowest BCUT2D eigenvalue weighted by molar-refractivity contribution is -0.125. The van der Waals surface area contributed by atoms with Gasteiger partial charge in [0.15, 0.2) is 11.5 Å². The average Bonchev–Trinajstić information content (AvgIpc) is 2.73. The van der Waals surface area contributed by atoms with E-state index in [2.05, 4.69) is 17.4 Å². The van der Waals surface area contributed by atoms with Crippen molar-refractivity contribution in [3.63, 3.8) is 0 Å². The zero-order chi connectivity index (χ0) is 18.5. The predicted octanol–water partition coefficient (Wildman–Crippen LogP) is 4.76. The number of fused-ring (bicyclic) bond motifs is 1. The third-order valence-electron chi connectivity index (χ3n) is 4.18. The van der Waals surface area contributed by atoms with Crippen LogP contribution in [0.3, 0.4) is 0 Å². The van der Waals surface area contributed by atoms with E-state index in [-0.39, 0.29) is 12.5 Å². The second-order valence-corrected chi connectivity index (χ2v) is 7.14. The van der Waals surface area contributed by atoms with Crippen LogP contribution in [0.15, 0.2) is 83.8 Å². The molecule has 3 aromatic carbocycles. The Labute approximate surface area is 162 Å². The van der Waals surface area contributed by atoms with E-state index in [1.165, 1.54) is 5.56 Å². The number of rotatable bonds is 5. The van der Waals surface area contributed by atoms with E-state index in [0.717, 1.165) is 16.3 Å². The van der Waals surface area contributed by atoms with Crippen LogP contribution in [0.5, 0.6) is 11.5 Å². The zero-order valence-corrected chi connectivity index (χ0v) is 15.4. The Bertz CT molecular complexity index is 930. The number of hydrogen-bond acceptors (Lipinski definition) is 4. The minimum atomic E-state index is -0.674. The Morgan fingerprint density at radius 1 is 0.926 bits per heavy atom. The fraction of sp³-hybridized carbons (Fsp3) is 0.136. The molecule has 0 saturated carbocycles. The normalized spacial score (nSPS) is 15.2. The molecule has 1 aliphatic heterocycles. The van der Waals surface area contributed by atoms with Gasteiger partial charge < -0.3 is 14.8 Å². The number of nitrogens with one attached hydrogen (secondary N) is 1. The van der Waals surface area contributed by atoms with Crippen molar-refractivity contribution in [3.05, 3.63) is 84.4 Å². The van der Waals surface area contributed by atoms with Crippen molar-refractivity contribution in [2.75, 3.05) is 11.9 Å². The highest BCUT2D eigenvalue weighted by atomic mass is 32.2. The largest absolute Gasteiger partial charge is 0.485 e. The van der Waals surface area contributed by atoms with Crippen LogP contribution >= 0.6 is 11.8 Å². The quantitative estimate of drug-likeness (QED) is 0.652. The summed E-state index contributed by atoms with van der Waals surface area (Å²) in [5.41, 5.74) is 2.02. The fourth-order valence-corrected chi connectivity index (χ4v) is 3.76. The summed E-state index contributed by atoms with van der Waals surface area (Å²) < 4.78 is 11.4. The highest BCUT2D eigenvalue weighted by Crippen LogP contribution is 2.32. The Morgan fingerprint density at radius 3 is 2.48 bits per heavy atom. The first-order valence-electron chi connectivity index (χ1n) is 8.75. The minimum absolute atomic E-state index is 0.197. The number of para-hydroxylation sites is 3. The van der Waals surface area contributed by atoms with E-state index in [4.69, 9.17) is 9.47 Å². The van der Waals surface area contributed by atoms with Gasteiger partial charge in [-0.3, -0.25) is 4.79 Å². The van der Waals surface area contributed by atoms with Gasteiger partial charge in [-0.05, 0) is 29.8 Å². The summed E-state index contributed by atoms with van der Waals surface area (Å²) in [5.74, 6) is 1.89. The standard InChI is InChI=1S/C22H19NO3S/c24-22(20-14-25-18-11-5-6-12-19(18)26-20)23-17-10-4-7-13-21(17)27-15-16-8-2-1-3-9-16/h1-13,20H,14-15H2,(H,23,24). The fourth-order valence-electron chi connectivity index (χ4n) is 2.79. The highest BCUT2D eigenvalue weighted by Gasteiger charge is 2.27. The van der Waals surface area contributed by atoms with Gasteiger partial charge in [0.25, 0.3) is 5.91 Å². The smallest absolute Gasteiger partial charge is 0.269 e. The molecule has 0 aromatic heterocycles. The van der Waals surface area contributed by atoms with Crippen LogP contribution in [-0.4, -0.2) is 18.6 Å². The van der Waals surface area contributed by atoms with Crippen molar-refractivity contribution in [2.45, 2.75) is 16.8 Å². The topological polar surface area (TPSA) is 47.6 Å². The lowest BCUT2D eigenvalue weighted by Gasteiger charge is -2.25. The van der Waals surface area contributed by atoms with Crippen molar-refractivity contribution in [2.24, 2.45) is 0 Å². The number of ether oxygens (including phenoxy) is 2. The summed E-state index contributed by atoms with van der Waals surface area (Å²) >= 11 is 1.69. The molecule has 27 heavy (non-hydrogen) atoms. The summed E-state index contributed by atoms with van der Waals surface area (Å²) in [6.07, 6.45) is -0.674. The first-order valence-corrected chi connectivity index (χ1v) is 9.73.